The van der Waals surface area contributed by atoms with Gasteiger partial charge in [0.15, 0.2) is 0 Å². The number of ether oxygens (including phenoxy) is 1. The molecule has 5 nitrogen and oxygen atoms in total. The number of halogens is 1. The number of nitrogens with zero attached hydrogens (tertiary/aromatic N) is 1. The van der Waals surface area contributed by atoms with E-state index in [4.69, 9.17) is 4.74 Å². The van der Waals surface area contributed by atoms with Crippen LogP contribution < -0.4 is 10.3 Å². The molecule has 3 aromatic rings. The van der Waals surface area contributed by atoms with Crippen LogP contribution in [0.1, 0.15) is 18.2 Å². The van der Waals surface area contributed by atoms with E-state index in [1.165, 1.54) is 6.92 Å². The Morgan fingerprint density at radius 3 is 2.79 bits per heavy atom. The van der Waals surface area contributed by atoms with Crippen molar-refractivity contribution in [2.24, 2.45) is 0 Å². The van der Waals surface area contributed by atoms with Crippen LogP contribution in [0.5, 0.6) is 5.75 Å². The molecule has 0 atom stereocenters. The van der Waals surface area contributed by atoms with Crippen LogP contribution in [0, 0.1) is 0 Å². The maximum Gasteiger partial charge on any atom is 0.308 e. The van der Waals surface area contributed by atoms with Crippen molar-refractivity contribution in [3.05, 3.63) is 68.5 Å². The SMILES string of the molecule is CC(=O)Oc1ccc(Br)cc1C=Cc1nc2ccccc2[nH]c1=O. The molecule has 0 aliphatic carbocycles. The van der Waals surface area contributed by atoms with Gasteiger partial charge in [0.05, 0.1) is 11.0 Å². The number of para-hydroxylation sites is 2. The smallest absolute Gasteiger partial charge is 0.308 e. The molecule has 120 valence electrons. The summed E-state index contributed by atoms with van der Waals surface area (Å²) in [4.78, 5) is 30.5. The van der Waals surface area contributed by atoms with Gasteiger partial charge in [0.2, 0.25) is 0 Å². The number of rotatable bonds is 3. The summed E-state index contributed by atoms with van der Waals surface area (Å²) >= 11 is 3.38. The first kappa shape index (κ1) is 16.1. The highest BCUT2D eigenvalue weighted by Crippen LogP contribution is 2.25. The molecule has 3 rings (SSSR count). The summed E-state index contributed by atoms with van der Waals surface area (Å²) in [5, 5.41) is 0. The summed E-state index contributed by atoms with van der Waals surface area (Å²) in [6.45, 7) is 1.34. The number of hydrogen-bond acceptors (Lipinski definition) is 4. The van der Waals surface area contributed by atoms with Crippen molar-refractivity contribution in [3.63, 3.8) is 0 Å². The topological polar surface area (TPSA) is 72.0 Å². The van der Waals surface area contributed by atoms with Gasteiger partial charge >= 0.3 is 5.97 Å². The van der Waals surface area contributed by atoms with Crippen LogP contribution in [0.3, 0.4) is 0 Å². The van der Waals surface area contributed by atoms with Gasteiger partial charge in [0.25, 0.3) is 5.56 Å². The molecule has 0 aliphatic rings. The predicted octanol–water partition coefficient (Wildman–Crippen LogP) is 3.78. The normalized spacial score (nSPS) is 11.1. The number of carbonyl (C=O) groups excluding carboxylic acids is 1. The first-order valence-electron chi connectivity index (χ1n) is 7.18. The fraction of sp³-hybridized carbons (Fsp3) is 0.0556. The first-order valence-corrected chi connectivity index (χ1v) is 7.97. The fourth-order valence-corrected chi connectivity index (χ4v) is 2.60. The molecule has 6 heteroatoms. The predicted molar refractivity (Wildman–Crippen MR) is 96.7 cm³/mol. The molecule has 0 radical (unpaired) electrons. The highest BCUT2D eigenvalue weighted by Gasteiger charge is 2.06. The number of benzene rings is 2. The molecule has 0 fully saturated rings. The maximum absolute atomic E-state index is 12.1. The number of H-pyrrole nitrogens is 1. The molecule has 0 amide bonds. The molecular formula is C18H13BrN2O3. The molecule has 0 spiro atoms. The molecule has 0 aliphatic heterocycles. The third kappa shape index (κ3) is 3.60. The van der Waals surface area contributed by atoms with Crippen LogP contribution in [-0.4, -0.2) is 15.9 Å². The number of aromatic nitrogens is 2. The van der Waals surface area contributed by atoms with E-state index in [0.29, 0.717) is 22.3 Å². The van der Waals surface area contributed by atoms with Gasteiger partial charge in [-0.25, -0.2) is 4.98 Å². The van der Waals surface area contributed by atoms with Crippen molar-refractivity contribution < 1.29 is 9.53 Å². The quantitative estimate of drug-likeness (QED) is 0.550. The standard InChI is InChI=1S/C18H13BrN2O3/c1-11(22)24-17-9-7-13(19)10-12(17)6-8-16-18(23)21-15-5-3-2-4-14(15)20-16/h2-10H,1H3,(H,21,23). The number of carbonyl (C=O) groups is 1. The van der Waals surface area contributed by atoms with Gasteiger partial charge < -0.3 is 9.72 Å². The van der Waals surface area contributed by atoms with Crippen molar-refractivity contribution >= 4 is 45.1 Å². The Hall–Kier alpha value is -2.73. The summed E-state index contributed by atoms with van der Waals surface area (Å²) in [7, 11) is 0. The van der Waals surface area contributed by atoms with Gasteiger partial charge in [-0.15, -0.1) is 0 Å². The summed E-state index contributed by atoms with van der Waals surface area (Å²) < 4.78 is 6.00. The lowest BCUT2D eigenvalue weighted by Gasteiger charge is -2.06. The Morgan fingerprint density at radius 1 is 1.21 bits per heavy atom. The minimum Gasteiger partial charge on any atom is -0.426 e. The summed E-state index contributed by atoms with van der Waals surface area (Å²) in [5.41, 5.74) is 2.04. The van der Waals surface area contributed by atoms with Crippen LogP contribution >= 0.6 is 15.9 Å². The lowest BCUT2D eigenvalue weighted by atomic mass is 10.1. The molecule has 0 bridgehead atoms. The van der Waals surface area contributed by atoms with Gasteiger partial charge in [-0.1, -0.05) is 28.1 Å². The second-order valence-corrected chi connectivity index (χ2v) is 5.99. The van der Waals surface area contributed by atoms with E-state index in [-0.39, 0.29) is 11.3 Å². The van der Waals surface area contributed by atoms with Gasteiger partial charge in [0.1, 0.15) is 11.4 Å². The van der Waals surface area contributed by atoms with Crippen LogP contribution in [0.4, 0.5) is 0 Å². The average Bonchev–Trinajstić information content (AvgIpc) is 2.54. The van der Waals surface area contributed by atoms with Crippen molar-refractivity contribution in [2.45, 2.75) is 6.92 Å². The largest absolute Gasteiger partial charge is 0.426 e. The van der Waals surface area contributed by atoms with Crippen LogP contribution in [0.25, 0.3) is 23.2 Å². The molecule has 1 N–H and O–H groups in total. The van der Waals surface area contributed by atoms with Gasteiger partial charge in [-0.3, -0.25) is 9.59 Å². The van der Waals surface area contributed by atoms with Crippen LogP contribution in [0.2, 0.25) is 0 Å². The first-order chi connectivity index (χ1) is 11.5. The minimum atomic E-state index is -0.409. The number of aromatic amines is 1. The molecule has 1 aromatic heterocycles. The highest BCUT2D eigenvalue weighted by molar-refractivity contribution is 9.10. The number of hydrogen-bond donors (Lipinski definition) is 1. The maximum atomic E-state index is 12.1. The fourth-order valence-electron chi connectivity index (χ4n) is 2.22. The summed E-state index contributed by atoms with van der Waals surface area (Å²) in [6.07, 6.45) is 3.29. The monoisotopic (exact) mass is 384 g/mol. The third-order valence-electron chi connectivity index (χ3n) is 3.27. The van der Waals surface area contributed by atoms with E-state index in [0.717, 1.165) is 4.47 Å². The molecule has 0 saturated heterocycles. The lowest BCUT2D eigenvalue weighted by Crippen LogP contribution is -2.11. The van der Waals surface area contributed by atoms with E-state index in [9.17, 15) is 9.59 Å². The molecule has 24 heavy (non-hydrogen) atoms. The van der Waals surface area contributed by atoms with Gasteiger partial charge in [-0.05, 0) is 42.5 Å². The van der Waals surface area contributed by atoms with E-state index >= 15 is 0 Å². The van der Waals surface area contributed by atoms with Crippen molar-refractivity contribution in [2.75, 3.05) is 0 Å². The van der Waals surface area contributed by atoms with E-state index < -0.39 is 5.97 Å². The lowest BCUT2D eigenvalue weighted by molar-refractivity contribution is -0.131. The van der Waals surface area contributed by atoms with Gasteiger partial charge in [-0.2, -0.15) is 0 Å². The minimum absolute atomic E-state index is 0.280. The average molecular weight is 385 g/mol. The third-order valence-corrected chi connectivity index (χ3v) is 3.77. The van der Waals surface area contributed by atoms with Gasteiger partial charge in [0, 0.05) is 17.0 Å². The summed E-state index contributed by atoms with van der Waals surface area (Å²) in [6, 6.07) is 12.6. The Bertz CT molecular complexity index is 1010. The zero-order valence-corrected chi connectivity index (χ0v) is 14.3. The highest BCUT2D eigenvalue weighted by atomic mass is 79.9. The molecule has 1 heterocycles. The Kier molecular flexibility index (Phi) is 4.57. The number of nitrogens with one attached hydrogen (secondary N) is 1. The van der Waals surface area contributed by atoms with Crippen molar-refractivity contribution in [1.29, 1.82) is 0 Å². The molecule has 0 unspecified atom stereocenters. The Balaban J connectivity index is 2.02. The summed E-state index contributed by atoms with van der Waals surface area (Å²) in [5.74, 6) is 0.00724. The molecule has 0 saturated carbocycles. The van der Waals surface area contributed by atoms with Crippen molar-refractivity contribution in [3.8, 4) is 5.75 Å². The second-order valence-electron chi connectivity index (χ2n) is 5.08. The Morgan fingerprint density at radius 2 is 2.00 bits per heavy atom. The van der Waals surface area contributed by atoms with Crippen molar-refractivity contribution in [1.82, 2.24) is 9.97 Å². The molecule has 2 aromatic carbocycles. The number of esters is 1. The van der Waals surface area contributed by atoms with Crippen LogP contribution in [-0.2, 0) is 4.79 Å². The van der Waals surface area contributed by atoms with E-state index in [1.54, 1.807) is 36.4 Å². The van der Waals surface area contributed by atoms with E-state index in [1.807, 2.05) is 18.2 Å². The van der Waals surface area contributed by atoms with E-state index in [2.05, 4.69) is 25.9 Å². The Labute approximate surface area is 146 Å². The zero-order valence-electron chi connectivity index (χ0n) is 12.7. The zero-order chi connectivity index (χ0) is 17.1. The van der Waals surface area contributed by atoms with Crippen LogP contribution in [0.15, 0.2) is 51.7 Å². The molecular weight excluding hydrogens is 372 g/mol. The number of fused-ring (bicyclic) bond motifs is 1. The second kappa shape index (κ2) is 6.80.